The summed E-state index contributed by atoms with van der Waals surface area (Å²) in [7, 11) is 2.97. The van der Waals surface area contributed by atoms with Crippen LogP contribution in [-0.2, 0) is 21.1 Å². The summed E-state index contributed by atoms with van der Waals surface area (Å²) in [5.74, 6) is 1.87. The van der Waals surface area contributed by atoms with Crippen LogP contribution in [0.3, 0.4) is 0 Å². The van der Waals surface area contributed by atoms with Crippen molar-refractivity contribution in [2.75, 3.05) is 44.8 Å². The van der Waals surface area contributed by atoms with Crippen LogP contribution in [0.2, 0.25) is 0 Å². The van der Waals surface area contributed by atoms with E-state index < -0.39 is 9.84 Å². The van der Waals surface area contributed by atoms with E-state index in [1.54, 1.807) is 55.5 Å². The van der Waals surface area contributed by atoms with Crippen LogP contribution in [0.4, 0.5) is 5.69 Å². The Balaban J connectivity index is 1.68. The van der Waals surface area contributed by atoms with E-state index in [0.717, 1.165) is 5.56 Å². The number of amidine groups is 1. The van der Waals surface area contributed by atoms with Crippen molar-refractivity contribution in [3.8, 4) is 23.0 Å². The molecular formula is C23H26N2O7S2. The lowest BCUT2D eigenvalue weighted by Gasteiger charge is -2.26. The van der Waals surface area contributed by atoms with Crippen LogP contribution < -0.4 is 23.8 Å². The number of thioether (sulfide) groups is 1. The Kier molecular flexibility index (Phi) is 6.94. The number of nitrogens with zero attached hydrogens (tertiary/aromatic N) is 2. The first kappa shape index (κ1) is 24.2. The molecule has 2 unspecified atom stereocenters. The summed E-state index contributed by atoms with van der Waals surface area (Å²) < 4.78 is 46.2. The second-order valence-corrected chi connectivity index (χ2v) is 11.2. The number of benzene rings is 2. The minimum absolute atomic E-state index is 0.0199. The van der Waals surface area contributed by atoms with Crippen LogP contribution >= 0.6 is 11.8 Å². The van der Waals surface area contributed by atoms with Gasteiger partial charge < -0.3 is 23.8 Å². The van der Waals surface area contributed by atoms with Crippen molar-refractivity contribution < 1.29 is 32.2 Å². The van der Waals surface area contributed by atoms with E-state index in [9.17, 15) is 13.2 Å². The van der Waals surface area contributed by atoms with Crippen molar-refractivity contribution in [3.05, 3.63) is 42.0 Å². The van der Waals surface area contributed by atoms with Crippen molar-refractivity contribution >= 4 is 38.4 Å². The van der Waals surface area contributed by atoms with E-state index >= 15 is 0 Å². The summed E-state index contributed by atoms with van der Waals surface area (Å²) in [6.45, 7) is 0. The Morgan fingerprint density at radius 1 is 0.971 bits per heavy atom. The topological polar surface area (TPSA) is 104 Å². The van der Waals surface area contributed by atoms with Gasteiger partial charge in [0.25, 0.3) is 5.91 Å². The van der Waals surface area contributed by atoms with E-state index in [-0.39, 0.29) is 35.1 Å². The molecule has 0 aromatic heterocycles. The fourth-order valence-corrected chi connectivity index (χ4v) is 8.07. The summed E-state index contributed by atoms with van der Waals surface area (Å²) >= 11 is 1.31. The number of carbonyl (C=O) groups is 1. The fourth-order valence-electron chi connectivity index (χ4n) is 4.14. The zero-order valence-electron chi connectivity index (χ0n) is 19.3. The third-order valence-electron chi connectivity index (χ3n) is 5.74. The van der Waals surface area contributed by atoms with Crippen LogP contribution in [-0.4, -0.2) is 70.7 Å². The lowest BCUT2D eigenvalue weighted by atomic mass is 10.1. The molecule has 0 N–H and O–H groups in total. The number of sulfone groups is 1. The van der Waals surface area contributed by atoms with Gasteiger partial charge in [-0.2, -0.15) is 4.99 Å². The lowest BCUT2D eigenvalue weighted by Crippen LogP contribution is -2.38. The van der Waals surface area contributed by atoms with Crippen LogP contribution in [0.25, 0.3) is 0 Å². The van der Waals surface area contributed by atoms with Gasteiger partial charge in [-0.05, 0) is 29.8 Å². The molecule has 11 heteroatoms. The first-order valence-electron chi connectivity index (χ1n) is 10.5. The number of fused-ring (bicyclic) bond motifs is 1. The average molecular weight is 507 g/mol. The number of carbonyl (C=O) groups excluding carboxylic acids is 1. The number of rotatable bonds is 7. The number of hydrogen-bond donors (Lipinski definition) is 0. The highest BCUT2D eigenvalue weighted by Gasteiger charge is 2.50. The van der Waals surface area contributed by atoms with Gasteiger partial charge in [0.2, 0.25) is 0 Å². The predicted octanol–water partition coefficient (Wildman–Crippen LogP) is 2.57. The molecule has 2 saturated heterocycles. The highest BCUT2D eigenvalue weighted by atomic mass is 32.2. The zero-order valence-corrected chi connectivity index (χ0v) is 20.9. The van der Waals surface area contributed by atoms with Crippen LogP contribution in [0, 0.1) is 0 Å². The molecule has 0 bridgehead atoms. The highest BCUT2D eigenvalue weighted by Crippen LogP contribution is 2.45. The van der Waals surface area contributed by atoms with Crippen LogP contribution in [0.15, 0.2) is 41.4 Å². The lowest BCUT2D eigenvalue weighted by molar-refractivity contribution is -0.117. The van der Waals surface area contributed by atoms with E-state index in [0.29, 0.717) is 33.9 Å². The van der Waals surface area contributed by atoms with Gasteiger partial charge in [0.15, 0.2) is 26.5 Å². The van der Waals surface area contributed by atoms with Gasteiger partial charge in [-0.3, -0.25) is 4.79 Å². The Bertz CT molecular complexity index is 1230. The van der Waals surface area contributed by atoms with Gasteiger partial charge in [0, 0.05) is 11.3 Å². The molecule has 0 aliphatic carbocycles. The second kappa shape index (κ2) is 9.75. The largest absolute Gasteiger partial charge is 0.497 e. The molecule has 1 amide bonds. The normalized spacial score (nSPS) is 21.9. The Labute approximate surface area is 203 Å². The molecule has 9 nitrogen and oxygen atoms in total. The molecule has 2 atom stereocenters. The molecule has 0 spiro atoms. The fraction of sp³-hybridized carbons (Fsp3) is 0.391. The molecule has 2 heterocycles. The SMILES string of the molecule is COc1ccc(OC)c(N2C(=NC(=O)Cc3ccc(OC)c(OC)c3)SC3CS(=O)(=O)CC32)c1. The van der Waals surface area contributed by atoms with E-state index in [2.05, 4.69) is 4.99 Å². The average Bonchev–Trinajstić information content (AvgIpc) is 3.28. The number of anilines is 1. The van der Waals surface area contributed by atoms with Crippen molar-refractivity contribution in [1.29, 1.82) is 0 Å². The first-order chi connectivity index (χ1) is 16.3. The van der Waals surface area contributed by atoms with Gasteiger partial charge >= 0.3 is 0 Å². The summed E-state index contributed by atoms with van der Waals surface area (Å²) in [4.78, 5) is 19.1. The number of methoxy groups -OCH3 is 4. The maximum Gasteiger partial charge on any atom is 0.252 e. The van der Waals surface area contributed by atoms with E-state index in [1.807, 2.05) is 0 Å². The predicted molar refractivity (Wildman–Crippen MR) is 132 cm³/mol. The van der Waals surface area contributed by atoms with Crippen molar-refractivity contribution in [1.82, 2.24) is 0 Å². The molecule has 34 heavy (non-hydrogen) atoms. The molecule has 2 aromatic rings. The van der Waals surface area contributed by atoms with Crippen molar-refractivity contribution in [3.63, 3.8) is 0 Å². The van der Waals surface area contributed by atoms with Crippen LogP contribution in [0.1, 0.15) is 5.56 Å². The molecule has 0 radical (unpaired) electrons. The number of ether oxygens (including phenoxy) is 4. The Morgan fingerprint density at radius 3 is 2.35 bits per heavy atom. The molecule has 2 aliphatic heterocycles. The third kappa shape index (κ3) is 4.80. The standard InChI is InChI=1S/C23H26N2O7S2/c1-29-15-6-8-18(30-2)16(11-15)25-17-12-34(27,28)13-21(17)33-23(25)24-22(26)10-14-5-7-19(31-3)20(9-14)32-4/h5-9,11,17,21H,10,12-13H2,1-4H3. The molecule has 2 aromatic carbocycles. The number of hydrogen-bond acceptors (Lipinski definition) is 8. The third-order valence-corrected chi connectivity index (χ3v) is 8.95. The summed E-state index contributed by atoms with van der Waals surface area (Å²) in [5.41, 5.74) is 1.33. The second-order valence-electron chi connectivity index (χ2n) is 7.86. The minimum atomic E-state index is -3.20. The minimum Gasteiger partial charge on any atom is -0.497 e. The van der Waals surface area contributed by atoms with E-state index in [1.165, 1.54) is 26.0 Å². The van der Waals surface area contributed by atoms with Gasteiger partial charge in [0.05, 0.1) is 58.1 Å². The van der Waals surface area contributed by atoms with Crippen molar-refractivity contribution in [2.24, 2.45) is 4.99 Å². The molecule has 0 saturated carbocycles. The molecule has 182 valence electrons. The molecule has 2 aliphatic rings. The first-order valence-corrected chi connectivity index (χ1v) is 13.2. The number of aliphatic imine (C=N–C) groups is 1. The smallest absolute Gasteiger partial charge is 0.252 e. The van der Waals surface area contributed by atoms with Gasteiger partial charge in [-0.25, -0.2) is 8.42 Å². The quantitative estimate of drug-likeness (QED) is 0.560. The van der Waals surface area contributed by atoms with Crippen molar-refractivity contribution in [2.45, 2.75) is 17.7 Å². The highest BCUT2D eigenvalue weighted by molar-refractivity contribution is 8.16. The molecular weight excluding hydrogens is 480 g/mol. The van der Waals surface area contributed by atoms with E-state index in [4.69, 9.17) is 18.9 Å². The Morgan fingerprint density at radius 2 is 1.68 bits per heavy atom. The summed E-state index contributed by atoms with van der Waals surface area (Å²) in [6, 6.07) is 10.2. The van der Waals surface area contributed by atoms with Crippen LogP contribution in [0.5, 0.6) is 23.0 Å². The summed E-state index contributed by atoms with van der Waals surface area (Å²) in [6.07, 6.45) is 0.0567. The Hall–Kier alpha value is -2.92. The summed E-state index contributed by atoms with van der Waals surface area (Å²) in [5, 5.41) is 0.218. The molecule has 2 fully saturated rings. The van der Waals surface area contributed by atoms with Gasteiger partial charge in [-0.15, -0.1) is 0 Å². The van der Waals surface area contributed by atoms with Gasteiger partial charge in [-0.1, -0.05) is 17.8 Å². The zero-order chi connectivity index (χ0) is 24.5. The van der Waals surface area contributed by atoms with Gasteiger partial charge in [0.1, 0.15) is 11.5 Å². The maximum absolute atomic E-state index is 13.0. The molecule has 4 rings (SSSR count). The monoisotopic (exact) mass is 506 g/mol. The maximum atomic E-state index is 13.0. The number of amides is 1.